The van der Waals surface area contributed by atoms with Crippen molar-refractivity contribution < 1.29 is 4.39 Å². The van der Waals surface area contributed by atoms with Gasteiger partial charge in [-0.25, -0.2) is 4.39 Å². The van der Waals surface area contributed by atoms with Crippen LogP contribution in [0.4, 0.5) is 10.1 Å². The molecular weight excluding hydrogens is 189 g/mol. The number of rotatable bonds is 3. The molecule has 2 heteroatoms. The average molecular weight is 211 g/mol. The molecule has 0 aliphatic rings. The third-order valence-electron chi connectivity index (χ3n) is 2.15. The summed E-state index contributed by atoms with van der Waals surface area (Å²) < 4.78 is 13.4. The van der Waals surface area contributed by atoms with Crippen molar-refractivity contribution in [1.82, 2.24) is 0 Å². The lowest BCUT2D eigenvalue weighted by Gasteiger charge is -2.07. The minimum Gasteiger partial charge on any atom is -0.398 e. The maximum Gasteiger partial charge on any atom is 0.128 e. The Labute approximate surface area is 92.5 Å². The van der Waals surface area contributed by atoms with E-state index < -0.39 is 0 Å². The first kappa shape index (κ1) is 13.9. The van der Waals surface area contributed by atoms with Crippen LogP contribution in [0.5, 0.6) is 0 Å². The van der Waals surface area contributed by atoms with Gasteiger partial charge in [0.25, 0.3) is 0 Å². The molecule has 0 aliphatic heterocycles. The zero-order valence-electron chi connectivity index (χ0n) is 10.2. The van der Waals surface area contributed by atoms with Gasteiger partial charge in [0.1, 0.15) is 5.82 Å². The first-order chi connectivity index (χ1) is 7.15. The van der Waals surface area contributed by atoms with Crippen LogP contribution >= 0.6 is 0 Å². The minimum absolute atomic E-state index is 0.161. The van der Waals surface area contributed by atoms with E-state index in [4.69, 9.17) is 5.73 Å². The smallest absolute Gasteiger partial charge is 0.128 e. The van der Waals surface area contributed by atoms with E-state index in [9.17, 15) is 4.39 Å². The second kappa shape index (κ2) is 7.27. The van der Waals surface area contributed by atoms with Crippen molar-refractivity contribution in [3.63, 3.8) is 0 Å². The highest BCUT2D eigenvalue weighted by Gasteiger charge is 2.06. The molecule has 0 fully saturated rings. The van der Waals surface area contributed by atoms with Crippen LogP contribution in [-0.4, -0.2) is 0 Å². The zero-order chi connectivity index (χ0) is 11.8. The number of nitrogens with two attached hydrogens (primary N) is 1. The van der Waals surface area contributed by atoms with E-state index in [0.29, 0.717) is 11.3 Å². The van der Waals surface area contributed by atoms with Gasteiger partial charge < -0.3 is 5.73 Å². The summed E-state index contributed by atoms with van der Waals surface area (Å²) in [5, 5.41) is 0. The van der Waals surface area contributed by atoms with E-state index in [2.05, 4.69) is 6.92 Å². The fourth-order valence-corrected chi connectivity index (χ4v) is 1.42. The quantitative estimate of drug-likeness (QED) is 0.749. The number of halogens is 1. The van der Waals surface area contributed by atoms with Crippen molar-refractivity contribution >= 4 is 5.69 Å². The summed E-state index contributed by atoms with van der Waals surface area (Å²) in [6.45, 7) is 7.94. The van der Waals surface area contributed by atoms with Gasteiger partial charge in [-0.3, -0.25) is 0 Å². The third-order valence-corrected chi connectivity index (χ3v) is 2.15. The second-order valence-corrected chi connectivity index (χ2v) is 3.42. The maximum absolute atomic E-state index is 13.4. The summed E-state index contributed by atoms with van der Waals surface area (Å²) >= 11 is 0. The molecule has 0 spiro atoms. The molecule has 0 unspecified atom stereocenters. The van der Waals surface area contributed by atoms with Gasteiger partial charge in [0.05, 0.1) is 0 Å². The number of hydrogen-bond acceptors (Lipinski definition) is 1. The molecule has 0 saturated carbocycles. The van der Waals surface area contributed by atoms with E-state index in [1.54, 1.807) is 6.07 Å². The van der Waals surface area contributed by atoms with Crippen molar-refractivity contribution in [3.05, 3.63) is 29.1 Å². The SMILES string of the molecule is CC.CCCCc1c(N)cc(C)cc1F. The van der Waals surface area contributed by atoms with Crippen LogP contribution in [0.2, 0.25) is 0 Å². The summed E-state index contributed by atoms with van der Waals surface area (Å²) in [5.41, 5.74) is 7.87. The molecule has 0 amide bonds. The summed E-state index contributed by atoms with van der Waals surface area (Å²) in [4.78, 5) is 0. The van der Waals surface area contributed by atoms with Gasteiger partial charge in [-0.05, 0) is 37.5 Å². The van der Waals surface area contributed by atoms with Crippen molar-refractivity contribution in [2.75, 3.05) is 5.73 Å². The number of hydrogen-bond donors (Lipinski definition) is 1. The Balaban J connectivity index is 0.000000921. The molecule has 0 radical (unpaired) electrons. The molecule has 0 heterocycles. The molecule has 0 aliphatic carbocycles. The third kappa shape index (κ3) is 4.32. The summed E-state index contributed by atoms with van der Waals surface area (Å²) in [7, 11) is 0. The Hall–Kier alpha value is -1.05. The average Bonchev–Trinajstić information content (AvgIpc) is 2.19. The lowest BCUT2D eigenvalue weighted by molar-refractivity contribution is 0.603. The van der Waals surface area contributed by atoms with E-state index in [-0.39, 0.29) is 5.82 Å². The summed E-state index contributed by atoms with van der Waals surface area (Å²) in [6.07, 6.45) is 2.80. The fourth-order valence-electron chi connectivity index (χ4n) is 1.42. The number of benzene rings is 1. The molecule has 0 saturated heterocycles. The molecule has 2 N–H and O–H groups in total. The zero-order valence-corrected chi connectivity index (χ0v) is 10.2. The lowest BCUT2D eigenvalue weighted by Crippen LogP contribution is -1.99. The topological polar surface area (TPSA) is 26.0 Å². The minimum atomic E-state index is -0.161. The Morgan fingerprint density at radius 2 is 1.87 bits per heavy atom. The summed E-state index contributed by atoms with van der Waals surface area (Å²) in [5.74, 6) is -0.161. The van der Waals surface area contributed by atoms with Crippen molar-refractivity contribution in [1.29, 1.82) is 0 Å². The van der Waals surface area contributed by atoms with Gasteiger partial charge in [0.15, 0.2) is 0 Å². The van der Waals surface area contributed by atoms with Gasteiger partial charge >= 0.3 is 0 Å². The summed E-state index contributed by atoms with van der Waals surface area (Å²) in [6, 6.07) is 3.37. The van der Waals surface area contributed by atoms with Crippen LogP contribution in [0.15, 0.2) is 12.1 Å². The second-order valence-electron chi connectivity index (χ2n) is 3.42. The standard InChI is InChI=1S/C11H16FN.C2H6/c1-3-4-5-9-10(12)6-8(2)7-11(9)13;1-2/h6-7H,3-5,13H2,1-2H3;1-2H3. The highest BCUT2D eigenvalue weighted by molar-refractivity contribution is 5.49. The molecule has 1 aromatic carbocycles. The van der Waals surface area contributed by atoms with Gasteiger partial charge in [0, 0.05) is 11.3 Å². The van der Waals surface area contributed by atoms with Crippen molar-refractivity contribution in [3.8, 4) is 0 Å². The van der Waals surface area contributed by atoms with Crippen LogP contribution in [0.25, 0.3) is 0 Å². The predicted octanol–water partition coefficient (Wildman–Crippen LogP) is 4.09. The van der Waals surface area contributed by atoms with Crippen LogP contribution in [0.3, 0.4) is 0 Å². The molecule has 15 heavy (non-hydrogen) atoms. The van der Waals surface area contributed by atoms with E-state index >= 15 is 0 Å². The molecule has 1 aromatic rings. The van der Waals surface area contributed by atoms with Crippen LogP contribution in [0.1, 0.15) is 44.7 Å². The lowest BCUT2D eigenvalue weighted by atomic mass is 10.0. The van der Waals surface area contributed by atoms with Crippen LogP contribution < -0.4 is 5.73 Å². The molecule has 0 atom stereocenters. The van der Waals surface area contributed by atoms with Crippen LogP contribution in [-0.2, 0) is 6.42 Å². The number of nitrogen functional groups attached to an aromatic ring is 1. The van der Waals surface area contributed by atoms with Gasteiger partial charge in [0.2, 0.25) is 0 Å². The molecule has 0 aromatic heterocycles. The monoisotopic (exact) mass is 211 g/mol. The Kier molecular flexibility index (Phi) is 6.76. The highest BCUT2D eigenvalue weighted by Crippen LogP contribution is 2.20. The van der Waals surface area contributed by atoms with Gasteiger partial charge in [-0.15, -0.1) is 0 Å². The molecule has 86 valence electrons. The van der Waals surface area contributed by atoms with Crippen molar-refractivity contribution in [2.24, 2.45) is 0 Å². The van der Waals surface area contributed by atoms with Gasteiger partial charge in [-0.2, -0.15) is 0 Å². The number of anilines is 1. The molecule has 1 rings (SSSR count). The van der Waals surface area contributed by atoms with Crippen LogP contribution in [0, 0.1) is 12.7 Å². The highest BCUT2D eigenvalue weighted by atomic mass is 19.1. The Morgan fingerprint density at radius 1 is 1.27 bits per heavy atom. The maximum atomic E-state index is 13.4. The molecular formula is C13H22FN. The van der Waals surface area contributed by atoms with Gasteiger partial charge in [-0.1, -0.05) is 27.2 Å². The first-order valence-corrected chi connectivity index (χ1v) is 5.69. The van der Waals surface area contributed by atoms with Crippen molar-refractivity contribution in [2.45, 2.75) is 47.0 Å². The Bertz CT molecular complexity index is 272. The number of aryl methyl sites for hydroxylation is 1. The molecule has 0 bridgehead atoms. The molecule has 1 nitrogen and oxygen atoms in total. The van der Waals surface area contributed by atoms with E-state index in [0.717, 1.165) is 24.8 Å². The van der Waals surface area contributed by atoms with E-state index in [1.807, 2.05) is 26.8 Å². The first-order valence-electron chi connectivity index (χ1n) is 5.69. The fraction of sp³-hybridized carbons (Fsp3) is 0.538. The normalized spacial score (nSPS) is 9.40. The van der Waals surface area contributed by atoms with E-state index in [1.165, 1.54) is 0 Å². The largest absolute Gasteiger partial charge is 0.398 e. The Morgan fingerprint density at radius 3 is 2.33 bits per heavy atom. The predicted molar refractivity (Wildman–Crippen MR) is 65.5 cm³/mol. The number of unbranched alkanes of at least 4 members (excludes halogenated alkanes) is 1.